The van der Waals surface area contributed by atoms with Crippen LogP contribution in [0.15, 0.2) is 18.2 Å². The molecule has 1 heterocycles. The van der Waals surface area contributed by atoms with Crippen LogP contribution in [-0.2, 0) is 4.74 Å². The van der Waals surface area contributed by atoms with Gasteiger partial charge in [0.2, 0.25) is 0 Å². The monoisotopic (exact) mass is 306 g/mol. The van der Waals surface area contributed by atoms with Gasteiger partial charge in [0.25, 0.3) is 0 Å². The van der Waals surface area contributed by atoms with Crippen molar-refractivity contribution >= 4 is 0 Å². The number of nitrogens with zero attached hydrogens (tertiary/aromatic N) is 2. The van der Waals surface area contributed by atoms with E-state index in [4.69, 9.17) is 19.5 Å². The molecule has 0 amide bonds. The van der Waals surface area contributed by atoms with E-state index in [1.54, 1.807) is 32.4 Å². The van der Waals surface area contributed by atoms with Crippen LogP contribution in [0.1, 0.15) is 12.0 Å². The van der Waals surface area contributed by atoms with Crippen LogP contribution in [0.2, 0.25) is 0 Å². The minimum Gasteiger partial charge on any atom is -0.493 e. The Hall–Kier alpha value is -1.81. The molecule has 6 nitrogen and oxygen atoms in total. The third-order valence-corrected chi connectivity index (χ3v) is 3.96. The van der Waals surface area contributed by atoms with Crippen LogP contribution >= 0.6 is 0 Å². The van der Waals surface area contributed by atoms with Gasteiger partial charge < -0.3 is 19.3 Å². The molecular weight excluding hydrogens is 284 g/mol. The number of rotatable bonds is 7. The Morgan fingerprint density at radius 3 is 2.82 bits per heavy atom. The van der Waals surface area contributed by atoms with Crippen LogP contribution in [0.4, 0.5) is 0 Å². The molecule has 1 fully saturated rings. The van der Waals surface area contributed by atoms with Crippen LogP contribution in [-0.4, -0.2) is 62.7 Å². The summed E-state index contributed by atoms with van der Waals surface area (Å²) in [5.74, 6) is 1.17. The Bertz CT molecular complexity index is 529. The van der Waals surface area contributed by atoms with Crippen LogP contribution in [0.3, 0.4) is 0 Å². The zero-order chi connectivity index (χ0) is 15.9. The van der Waals surface area contributed by atoms with Crippen LogP contribution in [0.25, 0.3) is 0 Å². The van der Waals surface area contributed by atoms with Gasteiger partial charge in [-0.05, 0) is 18.6 Å². The predicted molar refractivity (Wildman–Crippen MR) is 81.1 cm³/mol. The Morgan fingerprint density at radius 2 is 2.18 bits per heavy atom. The van der Waals surface area contributed by atoms with E-state index in [2.05, 4.69) is 11.0 Å². The van der Waals surface area contributed by atoms with E-state index in [9.17, 15) is 5.11 Å². The second-order valence-electron chi connectivity index (χ2n) is 5.25. The summed E-state index contributed by atoms with van der Waals surface area (Å²) in [5, 5.41) is 18.3. The first-order valence-electron chi connectivity index (χ1n) is 7.30. The third-order valence-electron chi connectivity index (χ3n) is 3.96. The summed E-state index contributed by atoms with van der Waals surface area (Å²) >= 11 is 0. The molecule has 6 heteroatoms. The number of aliphatic hydroxyl groups excluding tert-OH is 1. The molecule has 1 saturated heterocycles. The van der Waals surface area contributed by atoms with Gasteiger partial charge in [0.1, 0.15) is 6.61 Å². The van der Waals surface area contributed by atoms with Gasteiger partial charge in [0.15, 0.2) is 11.5 Å². The maximum Gasteiger partial charge on any atom is 0.162 e. The maximum absolute atomic E-state index is 9.42. The van der Waals surface area contributed by atoms with E-state index in [0.717, 1.165) is 13.0 Å². The summed E-state index contributed by atoms with van der Waals surface area (Å²) in [6.45, 7) is 2.11. The SMILES string of the molecule is COc1cc(C#N)ccc1OCCN1C[C@@H](OC)C[C@H]1CO. The number of aliphatic hydroxyl groups is 1. The Morgan fingerprint density at radius 1 is 1.36 bits per heavy atom. The average Bonchev–Trinajstić information content (AvgIpc) is 2.97. The molecule has 2 atom stereocenters. The highest BCUT2D eigenvalue weighted by atomic mass is 16.5. The van der Waals surface area contributed by atoms with Crippen molar-refractivity contribution in [3.63, 3.8) is 0 Å². The van der Waals surface area contributed by atoms with Gasteiger partial charge in [-0.1, -0.05) is 0 Å². The van der Waals surface area contributed by atoms with Crippen molar-refractivity contribution in [2.24, 2.45) is 0 Å². The molecule has 1 aromatic rings. The molecule has 1 N–H and O–H groups in total. The molecule has 0 spiro atoms. The van der Waals surface area contributed by atoms with Crippen LogP contribution in [0.5, 0.6) is 11.5 Å². The molecule has 0 aromatic heterocycles. The molecule has 0 bridgehead atoms. The lowest BCUT2D eigenvalue weighted by atomic mass is 10.2. The molecule has 0 radical (unpaired) electrons. The molecule has 0 saturated carbocycles. The zero-order valence-corrected chi connectivity index (χ0v) is 13.0. The molecule has 0 aliphatic carbocycles. The summed E-state index contributed by atoms with van der Waals surface area (Å²) in [6, 6.07) is 7.28. The maximum atomic E-state index is 9.42. The van der Waals surface area contributed by atoms with Crippen molar-refractivity contribution in [3.8, 4) is 17.6 Å². The smallest absolute Gasteiger partial charge is 0.162 e. The largest absolute Gasteiger partial charge is 0.493 e. The summed E-state index contributed by atoms with van der Waals surface area (Å²) < 4.78 is 16.3. The average molecular weight is 306 g/mol. The van der Waals surface area contributed by atoms with Gasteiger partial charge in [-0.15, -0.1) is 0 Å². The minimum atomic E-state index is 0.122. The number of benzene rings is 1. The Labute approximate surface area is 130 Å². The summed E-state index contributed by atoms with van der Waals surface area (Å²) in [7, 11) is 3.25. The van der Waals surface area contributed by atoms with Crippen molar-refractivity contribution in [2.45, 2.75) is 18.6 Å². The van der Waals surface area contributed by atoms with Gasteiger partial charge in [-0.2, -0.15) is 5.26 Å². The number of ether oxygens (including phenoxy) is 3. The van der Waals surface area contributed by atoms with E-state index in [-0.39, 0.29) is 18.8 Å². The van der Waals surface area contributed by atoms with Crippen molar-refractivity contribution < 1.29 is 19.3 Å². The normalized spacial score (nSPS) is 21.5. The first-order valence-corrected chi connectivity index (χ1v) is 7.30. The molecule has 2 rings (SSSR count). The predicted octanol–water partition coefficient (Wildman–Crippen LogP) is 1.03. The summed E-state index contributed by atoms with van der Waals surface area (Å²) in [4.78, 5) is 2.17. The van der Waals surface area contributed by atoms with Crippen molar-refractivity contribution in [1.82, 2.24) is 4.90 Å². The molecule has 1 aliphatic rings. The van der Waals surface area contributed by atoms with Crippen molar-refractivity contribution in [1.29, 1.82) is 5.26 Å². The van der Waals surface area contributed by atoms with Crippen LogP contribution < -0.4 is 9.47 Å². The molecule has 1 aromatic carbocycles. The molecule has 120 valence electrons. The van der Waals surface area contributed by atoms with Crippen molar-refractivity contribution in [2.75, 3.05) is 40.5 Å². The molecular formula is C16H22N2O4. The van der Waals surface area contributed by atoms with E-state index >= 15 is 0 Å². The number of likely N-dealkylation sites (tertiary alicyclic amines) is 1. The lowest BCUT2D eigenvalue weighted by Crippen LogP contribution is -2.35. The fraction of sp³-hybridized carbons (Fsp3) is 0.562. The summed E-state index contributed by atoms with van der Waals surface area (Å²) in [5.41, 5.74) is 0.534. The number of methoxy groups -OCH3 is 2. The van der Waals surface area contributed by atoms with E-state index in [1.165, 1.54) is 0 Å². The molecule has 22 heavy (non-hydrogen) atoms. The van der Waals surface area contributed by atoms with Gasteiger partial charge in [0.05, 0.1) is 31.5 Å². The lowest BCUT2D eigenvalue weighted by Gasteiger charge is -2.22. The van der Waals surface area contributed by atoms with E-state index in [0.29, 0.717) is 30.2 Å². The molecule has 1 aliphatic heterocycles. The molecule has 0 unspecified atom stereocenters. The minimum absolute atomic E-state index is 0.122. The lowest BCUT2D eigenvalue weighted by molar-refractivity contribution is 0.105. The first kappa shape index (κ1) is 16.6. The first-order chi connectivity index (χ1) is 10.7. The van der Waals surface area contributed by atoms with Gasteiger partial charge >= 0.3 is 0 Å². The number of nitriles is 1. The van der Waals surface area contributed by atoms with Crippen molar-refractivity contribution in [3.05, 3.63) is 23.8 Å². The fourth-order valence-corrected chi connectivity index (χ4v) is 2.70. The Balaban J connectivity index is 1.90. The highest BCUT2D eigenvalue weighted by Crippen LogP contribution is 2.28. The topological polar surface area (TPSA) is 75.0 Å². The van der Waals surface area contributed by atoms with Gasteiger partial charge in [0, 0.05) is 32.3 Å². The number of hydrogen-bond acceptors (Lipinski definition) is 6. The second kappa shape index (κ2) is 7.99. The van der Waals surface area contributed by atoms with E-state index < -0.39 is 0 Å². The van der Waals surface area contributed by atoms with Crippen LogP contribution in [0, 0.1) is 11.3 Å². The van der Waals surface area contributed by atoms with Gasteiger partial charge in [-0.3, -0.25) is 4.90 Å². The highest BCUT2D eigenvalue weighted by Gasteiger charge is 2.31. The fourth-order valence-electron chi connectivity index (χ4n) is 2.70. The quantitative estimate of drug-likeness (QED) is 0.811. The standard InChI is InChI=1S/C16H22N2O4/c1-20-14-8-13(11-19)18(10-14)5-6-22-15-4-3-12(9-17)7-16(15)21-2/h3-4,7,13-14,19H,5-6,8,10-11H2,1-2H3/t13-,14-/m0/s1. The highest BCUT2D eigenvalue weighted by molar-refractivity contribution is 5.46. The summed E-state index contributed by atoms with van der Waals surface area (Å²) in [6.07, 6.45) is 1.01. The van der Waals surface area contributed by atoms with E-state index in [1.807, 2.05) is 0 Å². The second-order valence-corrected chi connectivity index (χ2v) is 5.25. The Kier molecular flexibility index (Phi) is 6.01. The third kappa shape index (κ3) is 3.89. The van der Waals surface area contributed by atoms with Gasteiger partial charge in [-0.25, -0.2) is 0 Å². The number of hydrogen-bond donors (Lipinski definition) is 1. The zero-order valence-electron chi connectivity index (χ0n) is 13.0.